The third-order valence-electron chi connectivity index (χ3n) is 3.37. The quantitative estimate of drug-likeness (QED) is 0.661. The molecule has 0 aromatic rings. The summed E-state index contributed by atoms with van der Waals surface area (Å²) < 4.78 is 32.2. The number of ether oxygens (including phenoxy) is 1. The monoisotopic (exact) mass is 280 g/mol. The van der Waals surface area contributed by atoms with Crippen LogP contribution in [0.3, 0.4) is 0 Å². The van der Waals surface area contributed by atoms with Gasteiger partial charge in [0.05, 0.1) is 0 Å². The Hall–Kier alpha value is -0.210. The highest BCUT2D eigenvalue weighted by molar-refractivity contribution is 7.86. The molecule has 18 heavy (non-hydrogen) atoms. The van der Waals surface area contributed by atoms with Gasteiger partial charge in [-0.1, -0.05) is 0 Å². The van der Waals surface area contributed by atoms with Crippen molar-refractivity contribution in [2.45, 2.75) is 19.3 Å². The molecule has 0 radical (unpaired) electrons. The summed E-state index contributed by atoms with van der Waals surface area (Å²) in [7, 11) is -0.139. The van der Waals surface area contributed by atoms with Crippen LogP contribution in [0.2, 0.25) is 0 Å². The minimum atomic E-state index is -3.34. The minimum Gasteiger partial charge on any atom is -0.396 e. The van der Waals surface area contributed by atoms with Crippen LogP contribution in [0.5, 0.6) is 0 Å². The predicted octanol–water partition coefficient (Wildman–Crippen LogP) is -0.0962. The smallest absolute Gasteiger partial charge is 0.281 e. The summed E-state index contributed by atoms with van der Waals surface area (Å²) in [5, 5.41) is 9.04. The van der Waals surface area contributed by atoms with E-state index in [0.717, 1.165) is 12.8 Å². The van der Waals surface area contributed by atoms with Gasteiger partial charge in [0.25, 0.3) is 10.2 Å². The van der Waals surface area contributed by atoms with E-state index in [1.54, 1.807) is 14.2 Å². The van der Waals surface area contributed by atoms with E-state index in [2.05, 4.69) is 0 Å². The summed E-state index contributed by atoms with van der Waals surface area (Å²) in [4.78, 5) is 0. The molecule has 108 valence electrons. The lowest BCUT2D eigenvalue weighted by atomic mass is 10.00. The van der Waals surface area contributed by atoms with Crippen LogP contribution in [-0.2, 0) is 14.9 Å². The molecule has 1 aliphatic heterocycles. The molecule has 0 amide bonds. The van der Waals surface area contributed by atoms with Crippen molar-refractivity contribution in [3.63, 3.8) is 0 Å². The third-order valence-corrected chi connectivity index (χ3v) is 5.36. The lowest BCUT2D eigenvalue weighted by molar-refractivity contribution is 0.165. The van der Waals surface area contributed by atoms with Crippen LogP contribution in [0, 0.1) is 5.92 Å². The van der Waals surface area contributed by atoms with E-state index in [0.29, 0.717) is 32.7 Å². The molecule has 0 atom stereocenters. The molecular formula is C11H24N2O4S. The van der Waals surface area contributed by atoms with Gasteiger partial charge in [0.15, 0.2) is 0 Å². The molecule has 0 aliphatic carbocycles. The van der Waals surface area contributed by atoms with Crippen molar-refractivity contribution in [3.05, 3.63) is 0 Å². The molecule has 7 heteroatoms. The predicted molar refractivity (Wildman–Crippen MR) is 69.4 cm³/mol. The van der Waals surface area contributed by atoms with Gasteiger partial charge >= 0.3 is 0 Å². The molecule has 0 aromatic heterocycles. The molecule has 1 saturated heterocycles. The van der Waals surface area contributed by atoms with E-state index in [9.17, 15) is 8.42 Å². The second-order valence-electron chi connectivity index (χ2n) is 4.70. The van der Waals surface area contributed by atoms with Crippen LogP contribution in [0.25, 0.3) is 0 Å². The van der Waals surface area contributed by atoms with Crippen molar-refractivity contribution in [1.82, 2.24) is 8.61 Å². The zero-order valence-corrected chi connectivity index (χ0v) is 12.0. The highest BCUT2D eigenvalue weighted by Crippen LogP contribution is 2.20. The first kappa shape index (κ1) is 15.8. The number of nitrogens with zero attached hydrogens (tertiary/aromatic N) is 2. The van der Waals surface area contributed by atoms with Gasteiger partial charge in [0.1, 0.15) is 0 Å². The van der Waals surface area contributed by atoms with Gasteiger partial charge < -0.3 is 9.84 Å². The van der Waals surface area contributed by atoms with Gasteiger partial charge in [0.2, 0.25) is 0 Å². The Morgan fingerprint density at radius 3 is 2.50 bits per heavy atom. The third kappa shape index (κ3) is 4.17. The molecule has 0 bridgehead atoms. The SMILES string of the molecule is COCCCN(C)S(=O)(=O)N1CCC(CO)CC1. The van der Waals surface area contributed by atoms with Crippen molar-refractivity contribution in [2.24, 2.45) is 5.92 Å². The van der Waals surface area contributed by atoms with Crippen molar-refractivity contribution >= 4 is 10.2 Å². The maximum atomic E-state index is 12.2. The van der Waals surface area contributed by atoms with Crippen LogP contribution >= 0.6 is 0 Å². The molecule has 1 aliphatic rings. The van der Waals surface area contributed by atoms with Crippen molar-refractivity contribution in [1.29, 1.82) is 0 Å². The summed E-state index contributed by atoms with van der Waals surface area (Å²) in [5.74, 6) is 0.246. The lowest BCUT2D eigenvalue weighted by Gasteiger charge is -2.33. The molecule has 0 saturated carbocycles. The fourth-order valence-corrected chi connectivity index (χ4v) is 3.49. The Morgan fingerprint density at radius 2 is 2.00 bits per heavy atom. The Balaban J connectivity index is 2.48. The lowest BCUT2D eigenvalue weighted by Crippen LogP contribution is -2.46. The number of rotatable bonds is 7. The fourth-order valence-electron chi connectivity index (χ4n) is 2.07. The summed E-state index contributed by atoms with van der Waals surface area (Å²) in [6.45, 7) is 2.18. The van der Waals surface area contributed by atoms with Gasteiger partial charge in [-0.3, -0.25) is 0 Å². The molecule has 0 aromatic carbocycles. The number of piperidine rings is 1. The molecule has 0 spiro atoms. The molecule has 0 unspecified atom stereocenters. The summed E-state index contributed by atoms with van der Waals surface area (Å²) in [6.07, 6.45) is 2.17. The average molecular weight is 280 g/mol. The summed E-state index contributed by atoms with van der Waals surface area (Å²) >= 11 is 0. The topological polar surface area (TPSA) is 70.1 Å². The maximum absolute atomic E-state index is 12.2. The zero-order valence-electron chi connectivity index (χ0n) is 11.2. The number of aliphatic hydroxyl groups excluding tert-OH is 1. The van der Waals surface area contributed by atoms with Crippen molar-refractivity contribution in [2.75, 3.05) is 47.0 Å². The van der Waals surface area contributed by atoms with Crippen LogP contribution in [0.15, 0.2) is 0 Å². The van der Waals surface area contributed by atoms with Crippen LogP contribution in [-0.4, -0.2) is 69.1 Å². The van der Waals surface area contributed by atoms with Crippen LogP contribution < -0.4 is 0 Å². The Bertz CT molecular complexity index is 326. The van der Waals surface area contributed by atoms with Gasteiger partial charge in [-0.05, 0) is 25.2 Å². The minimum absolute atomic E-state index is 0.150. The van der Waals surface area contributed by atoms with Crippen LogP contribution in [0.4, 0.5) is 0 Å². The molecule has 6 nitrogen and oxygen atoms in total. The number of aliphatic hydroxyl groups is 1. The van der Waals surface area contributed by atoms with E-state index < -0.39 is 10.2 Å². The molecule has 1 rings (SSSR count). The first-order valence-electron chi connectivity index (χ1n) is 6.33. The first-order valence-corrected chi connectivity index (χ1v) is 7.73. The Labute approximate surface area is 110 Å². The maximum Gasteiger partial charge on any atom is 0.281 e. The highest BCUT2D eigenvalue weighted by atomic mass is 32.2. The summed E-state index contributed by atoms with van der Waals surface area (Å²) in [6, 6.07) is 0. The average Bonchev–Trinajstić information content (AvgIpc) is 2.39. The normalized spacial score (nSPS) is 19.6. The van der Waals surface area contributed by atoms with E-state index in [4.69, 9.17) is 9.84 Å². The van der Waals surface area contributed by atoms with E-state index in [-0.39, 0.29) is 12.5 Å². The molecule has 1 N–H and O–H groups in total. The zero-order chi connectivity index (χ0) is 13.6. The largest absolute Gasteiger partial charge is 0.396 e. The standard InChI is InChI=1S/C11H24N2O4S/c1-12(6-3-9-17-2)18(15,16)13-7-4-11(10-14)5-8-13/h11,14H,3-10H2,1-2H3. The van der Waals surface area contributed by atoms with Crippen LogP contribution in [0.1, 0.15) is 19.3 Å². The fraction of sp³-hybridized carbons (Fsp3) is 1.00. The van der Waals surface area contributed by atoms with Gasteiger partial charge in [-0.25, -0.2) is 0 Å². The highest BCUT2D eigenvalue weighted by Gasteiger charge is 2.30. The van der Waals surface area contributed by atoms with Gasteiger partial charge in [-0.15, -0.1) is 0 Å². The van der Waals surface area contributed by atoms with E-state index >= 15 is 0 Å². The van der Waals surface area contributed by atoms with Gasteiger partial charge in [-0.2, -0.15) is 17.0 Å². The summed E-state index contributed by atoms with van der Waals surface area (Å²) in [5.41, 5.74) is 0. The molecular weight excluding hydrogens is 256 g/mol. The second-order valence-corrected chi connectivity index (χ2v) is 6.74. The first-order chi connectivity index (χ1) is 8.52. The molecule has 1 heterocycles. The number of hydrogen-bond acceptors (Lipinski definition) is 4. The number of hydrogen-bond donors (Lipinski definition) is 1. The van der Waals surface area contributed by atoms with E-state index in [1.807, 2.05) is 0 Å². The Morgan fingerprint density at radius 1 is 1.39 bits per heavy atom. The second kappa shape index (κ2) is 7.40. The molecule has 1 fully saturated rings. The van der Waals surface area contributed by atoms with Crippen molar-refractivity contribution in [3.8, 4) is 0 Å². The van der Waals surface area contributed by atoms with Crippen molar-refractivity contribution < 1.29 is 18.3 Å². The Kier molecular flexibility index (Phi) is 6.51. The number of methoxy groups -OCH3 is 1. The van der Waals surface area contributed by atoms with E-state index in [1.165, 1.54) is 8.61 Å². The van der Waals surface area contributed by atoms with Gasteiger partial charge in [0, 0.05) is 47.0 Å².